The van der Waals surface area contributed by atoms with Crippen molar-refractivity contribution in [1.29, 1.82) is 0 Å². The van der Waals surface area contributed by atoms with Crippen molar-refractivity contribution >= 4 is 11.9 Å². The molecule has 0 radical (unpaired) electrons. The van der Waals surface area contributed by atoms with Crippen LogP contribution in [-0.2, 0) is 0 Å². The lowest BCUT2D eigenvalue weighted by Gasteiger charge is -2.37. The van der Waals surface area contributed by atoms with E-state index in [4.69, 9.17) is 4.98 Å². The smallest absolute Gasteiger partial charge is 0.153 e. The highest BCUT2D eigenvalue weighted by Crippen LogP contribution is 2.32. The third-order valence-corrected chi connectivity index (χ3v) is 4.21. The fraction of sp³-hybridized carbons (Fsp3) is 0.500. The van der Waals surface area contributed by atoms with Crippen molar-refractivity contribution in [3.63, 3.8) is 0 Å². The summed E-state index contributed by atoms with van der Waals surface area (Å²) in [5.41, 5.74) is 2.52. The van der Waals surface area contributed by atoms with Crippen LogP contribution in [0.5, 0.6) is 0 Å². The van der Waals surface area contributed by atoms with Crippen LogP contribution in [0, 0.1) is 0 Å². The lowest BCUT2D eigenvalue weighted by atomic mass is 9.98. The predicted molar refractivity (Wildman–Crippen MR) is 79.0 cm³/mol. The first-order chi connectivity index (χ1) is 9.70. The van der Waals surface area contributed by atoms with Gasteiger partial charge in [-0.3, -0.25) is 9.69 Å². The highest BCUT2D eigenvalue weighted by Gasteiger charge is 2.27. The zero-order valence-corrected chi connectivity index (χ0v) is 12.1. The minimum Gasteiger partial charge on any atom is -0.306 e. The van der Waals surface area contributed by atoms with Crippen LogP contribution >= 0.6 is 0 Å². The molecule has 1 saturated heterocycles. The second-order valence-corrected chi connectivity index (χ2v) is 5.82. The van der Waals surface area contributed by atoms with E-state index in [9.17, 15) is 4.79 Å². The van der Waals surface area contributed by atoms with E-state index >= 15 is 0 Å². The summed E-state index contributed by atoms with van der Waals surface area (Å²) in [5.74, 6) is 0. The van der Waals surface area contributed by atoms with E-state index in [1.165, 1.54) is 12.8 Å². The molecule has 2 aromatic heterocycles. The van der Waals surface area contributed by atoms with Gasteiger partial charge in [0.1, 0.15) is 5.65 Å². The summed E-state index contributed by atoms with van der Waals surface area (Å²) in [6.07, 6.45) is 8.59. The second kappa shape index (κ2) is 5.37. The molecule has 0 amide bonds. The van der Waals surface area contributed by atoms with Crippen molar-refractivity contribution in [1.82, 2.24) is 14.3 Å². The van der Waals surface area contributed by atoms with Crippen LogP contribution in [0.3, 0.4) is 0 Å². The number of aldehydes is 1. The van der Waals surface area contributed by atoms with Gasteiger partial charge in [0.05, 0.1) is 17.3 Å². The van der Waals surface area contributed by atoms with Gasteiger partial charge in [-0.05, 0) is 45.4 Å². The molecule has 20 heavy (non-hydrogen) atoms. The van der Waals surface area contributed by atoms with Crippen molar-refractivity contribution < 1.29 is 4.79 Å². The van der Waals surface area contributed by atoms with Crippen LogP contribution in [0.2, 0.25) is 0 Å². The Balaban J connectivity index is 2.02. The predicted octanol–water partition coefficient (Wildman–Crippen LogP) is 3.08. The van der Waals surface area contributed by atoms with Gasteiger partial charge in [-0.15, -0.1) is 0 Å². The standard InChI is InChI=1S/C16H21N3O/c1-12(2)19-9-4-3-7-15(19)14-10-18-8-5-6-13(11-20)16(18)17-14/h5-6,8,10-12,15H,3-4,7,9H2,1-2H3. The van der Waals surface area contributed by atoms with Crippen LogP contribution in [0.25, 0.3) is 5.65 Å². The van der Waals surface area contributed by atoms with E-state index in [1.54, 1.807) is 0 Å². The molecule has 4 heteroatoms. The molecule has 2 aromatic rings. The quantitative estimate of drug-likeness (QED) is 0.805. The van der Waals surface area contributed by atoms with Gasteiger partial charge >= 0.3 is 0 Å². The maximum atomic E-state index is 11.1. The molecule has 3 heterocycles. The SMILES string of the molecule is CC(C)N1CCCCC1c1cn2cccc(C=O)c2n1. The maximum absolute atomic E-state index is 11.1. The number of imidazole rings is 1. The molecule has 0 aliphatic carbocycles. The molecule has 1 unspecified atom stereocenters. The van der Waals surface area contributed by atoms with E-state index in [-0.39, 0.29) is 0 Å². The number of pyridine rings is 1. The van der Waals surface area contributed by atoms with Gasteiger partial charge in [0.15, 0.2) is 6.29 Å². The van der Waals surface area contributed by atoms with E-state index < -0.39 is 0 Å². The third kappa shape index (κ3) is 2.24. The molecule has 1 aliphatic rings. The monoisotopic (exact) mass is 271 g/mol. The summed E-state index contributed by atoms with van der Waals surface area (Å²) in [6, 6.07) is 4.61. The molecule has 0 spiro atoms. The van der Waals surface area contributed by atoms with Crippen LogP contribution in [0.1, 0.15) is 55.2 Å². The summed E-state index contributed by atoms with van der Waals surface area (Å²) in [7, 11) is 0. The third-order valence-electron chi connectivity index (χ3n) is 4.21. The molecule has 1 atom stereocenters. The van der Waals surface area contributed by atoms with Gasteiger partial charge in [-0.1, -0.05) is 6.42 Å². The van der Waals surface area contributed by atoms with Crippen LogP contribution in [0.4, 0.5) is 0 Å². The Morgan fingerprint density at radius 2 is 2.25 bits per heavy atom. The average molecular weight is 271 g/mol. The van der Waals surface area contributed by atoms with Crippen LogP contribution < -0.4 is 0 Å². The Hall–Kier alpha value is -1.68. The van der Waals surface area contributed by atoms with Gasteiger partial charge < -0.3 is 4.40 Å². The Kier molecular flexibility index (Phi) is 3.57. The summed E-state index contributed by atoms with van der Waals surface area (Å²) >= 11 is 0. The first-order valence-electron chi connectivity index (χ1n) is 7.39. The molecule has 0 N–H and O–H groups in total. The van der Waals surface area contributed by atoms with Gasteiger partial charge in [0.25, 0.3) is 0 Å². The Morgan fingerprint density at radius 3 is 3.00 bits per heavy atom. The summed E-state index contributed by atoms with van der Waals surface area (Å²) in [5, 5.41) is 0. The number of fused-ring (bicyclic) bond motifs is 1. The van der Waals surface area contributed by atoms with E-state index in [1.807, 2.05) is 22.7 Å². The maximum Gasteiger partial charge on any atom is 0.153 e. The first kappa shape index (κ1) is 13.3. The Bertz CT molecular complexity index is 617. The van der Waals surface area contributed by atoms with Crippen LogP contribution in [0.15, 0.2) is 24.5 Å². The zero-order valence-electron chi connectivity index (χ0n) is 12.1. The van der Waals surface area contributed by atoms with Gasteiger partial charge in [0, 0.05) is 18.4 Å². The van der Waals surface area contributed by atoms with E-state index in [0.29, 0.717) is 17.6 Å². The first-order valence-corrected chi connectivity index (χ1v) is 7.39. The van der Waals surface area contributed by atoms with E-state index in [2.05, 4.69) is 24.9 Å². The number of hydrogen-bond acceptors (Lipinski definition) is 3. The fourth-order valence-corrected chi connectivity index (χ4v) is 3.20. The minimum atomic E-state index is 0.378. The van der Waals surface area contributed by atoms with Crippen LogP contribution in [-0.4, -0.2) is 33.2 Å². The normalized spacial score (nSPS) is 20.6. The van der Waals surface area contributed by atoms with Crippen molar-refractivity contribution in [2.24, 2.45) is 0 Å². The minimum absolute atomic E-state index is 0.378. The Labute approximate surface area is 119 Å². The van der Waals surface area contributed by atoms with Gasteiger partial charge in [-0.2, -0.15) is 0 Å². The number of aromatic nitrogens is 2. The van der Waals surface area contributed by atoms with Crippen molar-refractivity contribution in [3.8, 4) is 0 Å². The molecular weight excluding hydrogens is 250 g/mol. The van der Waals surface area contributed by atoms with Crippen molar-refractivity contribution in [3.05, 3.63) is 35.8 Å². The topological polar surface area (TPSA) is 37.6 Å². The van der Waals surface area contributed by atoms with Gasteiger partial charge in [-0.25, -0.2) is 4.98 Å². The highest BCUT2D eigenvalue weighted by atomic mass is 16.1. The molecule has 106 valence electrons. The number of rotatable bonds is 3. The van der Waals surface area contributed by atoms with E-state index in [0.717, 1.165) is 30.6 Å². The zero-order chi connectivity index (χ0) is 14.1. The lowest BCUT2D eigenvalue weighted by molar-refractivity contribution is 0.109. The molecule has 1 aliphatic heterocycles. The summed E-state index contributed by atoms with van der Waals surface area (Å²) in [6.45, 7) is 5.62. The largest absolute Gasteiger partial charge is 0.306 e. The molecule has 0 aromatic carbocycles. The van der Waals surface area contributed by atoms with Crippen molar-refractivity contribution in [2.45, 2.75) is 45.2 Å². The number of hydrogen-bond donors (Lipinski definition) is 0. The summed E-state index contributed by atoms with van der Waals surface area (Å²) < 4.78 is 1.96. The Morgan fingerprint density at radius 1 is 1.40 bits per heavy atom. The molecule has 1 fully saturated rings. The highest BCUT2D eigenvalue weighted by molar-refractivity contribution is 5.84. The number of carbonyl (C=O) groups excluding carboxylic acids is 1. The molecule has 0 bridgehead atoms. The lowest BCUT2D eigenvalue weighted by Crippen LogP contribution is -2.38. The summed E-state index contributed by atoms with van der Waals surface area (Å²) in [4.78, 5) is 18.4. The number of carbonyl (C=O) groups is 1. The fourth-order valence-electron chi connectivity index (χ4n) is 3.20. The second-order valence-electron chi connectivity index (χ2n) is 5.82. The van der Waals surface area contributed by atoms with Gasteiger partial charge in [0.2, 0.25) is 0 Å². The molecule has 3 rings (SSSR count). The number of nitrogens with zero attached hydrogens (tertiary/aromatic N) is 3. The molecule has 4 nitrogen and oxygen atoms in total. The molecule has 0 saturated carbocycles. The average Bonchev–Trinajstić information content (AvgIpc) is 2.90. The molecular formula is C16H21N3O. The number of likely N-dealkylation sites (tertiary alicyclic amines) is 1. The van der Waals surface area contributed by atoms with Crippen molar-refractivity contribution in [2.75, 3.05) is 6.54 Å². The number of piperidine rings is 1.